The highest BCUT2D eigenvalue weighted by Crippen LogP contribution is 1.98. The van der Waals surface area contributed by atoms with Gasteiger partial charge in [-0.1, -0.05) is 0 Å². The fourth-order valence-electron chi connectivity index (χ4n) is 0.510. The fourth-order valence-corrected chi connectivity index (χ4v) is 0.644. The topological polar surface area (TPSA) is 26.3 Å². The maximum Gasteiger partial charge on any atom is 0.221 e. The second-order valence-electron chi connectivity index (χ2n) is 1.81. The Kier molecular flexibility index (Phi) is 5.99. The molecule has 0 N–H and O–H groups in total. The minimum Gasteiger partial charge on any atom is -0.385 e. The molecule has 0 aromatic rings. The second-order valence-corrected chi connectivity index (χ2v) is 2.23. The molecule has 3 heteroatoms. The summed E-state index contributed by atoms with van der Waals surface area (Å²) >= 11 is 5.08. The quantitative estimate of drug-likeness (QED) is 0.439. The molecule has 0 bridgehead atoms. The Labute approximate surface area is 60.1 Å². The van der Waals surface area contributed by atoms with E-state index in [9.17, 15) is 4.79 Å². The van der Waals surface area contributed by atoms with E-state index in [-0.39, 0.29) is 5.24 Å². The first kappa shape index (κ1) is 8.92. The van der Waals surface area contributed by atoms with Crippen LogP contribution >= 0.6 is 11.6 Å². The van der Waals surface area contributed by atoms with Crippen molar-refractivity contribution in [1.29, 1.82) is 0 Å². The Morgan fingerprint density at radius 1 is 1.56 bits per heavy atom. The van der Waals surface area contributed by atoms with E-state index < -0.39 is 0 Å². The third-order valence-electron chi connectivity index (χ3n) is 0.972. The zero-order chi connectivity index (χ0) is 7.11. The highest BCUT2D eigenvalue weighted by atomic mass is 35.5. The van der Waals surface area contributed by atoms with Gasteiger partial charge in [0.25, 0.3) is 0 Å². The number of unbranched alkanes of at least 4 members (excludes halogenated alkanes) is 1. The summed E-state index contributed by atoms with van der Waals surface area (Å²) in [6.45, 7) is 0.712. The van der Waals surface area contributed by atoms with E-state index in [4.69, 9.17) is 16.3 Å². The van der Waals surface area contributed by atoms with Crippen LogP contribution in [0, 0.1) is 0 Å². The van der Waals surface area contributed by atoms with Gasteiger partial charge in [-0.15, -0.1) is 0 Å². The van der Waals surface area contributed by atoms with Crippen LogP contribution in [0.25, 0.3) is 0 Å². The SMILES string of the molecule is COCCCCC(=O)Cl. The number of carbonyl (C=O) groups is 1. The van der Waals surface area contributed by atoms with Crippen molar-refractivity contribution in [2.24, 2.45) is 0 Å². The van der Waals surface area contributed by atoms with E-state index in [0.717, 1.165) is 12.8 Å². The van der Waals surface area contributed by atoms with Crippen LogP contribution in [-0.2, 0) is 9.53 Å². The number of ether oxygens (including phenoxy) is 1. The van der Waals surface area contributed by atoms with Crippen LogP contribution in [0.1, 0.15) is 19.3 Å². The third kappa shape index (κ3) is 7.92. The molecular weight excluding hydrogens is 140 g/mol. The Balaban J connectivity index is 2.83. The second kappa shape index (κ2) is 6.05. The van der Waals surface area contributed by atoms with Gasteiger partial charge in [0.1, 0.15) is 0 Å². The maximum atomic E-state index is 10.1. The summed E-state index contributed by atoms with van der Waals surface area (Å²) in [7, 11) is 1.64. The fraction of sp³-hybridized carbons (Fsp3) is 0.833. The van der Waals surface area contributed by atoms with E-state index in [1.165, 1.54) is 0 Å². The Hall–Kier alpha value is -0.0800. The average molecular weight is 151 g/mol. The molecule has 0 unspecified atom stereocenters. The van der Waals surface area contributed by atoms with E-state index in [1.807, 2.05) is 0 Å². The van der Waals surface area contributed by atoms with Crippen molar-refractivity contribution in [2.45, 2.75) is 19.3 Å². The summed E-state index contributed by atoms with van der Waals surface area (Å²) in [5.41, 5.74) is 0. The molecule has 0 aliphatic rings. The molecule has 0 amide bonds. The lowest BCUT2D eigenvalue weighted by molar-refractivity contribution is -0.111. The lowest BCUT2D eigenvalue weighted by Crippen LogP contribution is -1.91. The van der Waals surface area contributed by atoms with Gasteiger partial charge in [0.15, 0.2) is 0 Å². The van der Waals surface area contributed by atoms with Gasteiger partial charge in [-0.25, -0.2) is 0 Å². The molecule has 9 heavy (non-hydrogen) atoms. The van der Waals surface area contributed by atoms with Crippen LogP contribution in [0.5, 0.6) is 0 Å². The standard InChI is InChI=1S/C6H11ClO2/c1-9-5-3-2-4-6(7)8/h2-5H2,1H3. The summed E-state index contributed by atoms with van der Waals surface area (Å²) in [6, 6.07) is 0. The van der Waals surface area contributed by atoms with Gasteiger partial charge >= 0.3 is 0 Å². The van der Waals surface area contributed by atoms with Crippen molar-refractivity contribution in [3.8, 4) is 0 Å². The van der Waals surface area contributed by atoms with Crippen LogP contribution < -0.4 is 0 Å². The Morgan fingerprint density at radius 3 is 2.67 bits per heavy atom. The number of hydrogen-bond acceptors (Lipinski definition) is 2. The zero-order valence-corrected chi connectivity index (χ0v) is 6.28. The van der Waals surface area contributed by atoms with E-state index in [1.54, 1.807) is 7.11 Å². The van der Waals surface area contributed by atoms with Gasteiger partial charge in [0.05, 0.1) is 0 Å². The molecule has 0 fully saturated rings. The first-order chi connectivity index (χ1) is 4.27. The molecule has 0 aliphatic heterocycles. The number of carbonyl (C=O) groups excluding carboxylic acids is 1. The van der Waals surface area contributed by atoms with Crippen molar-refractivity contribution >= 4 is 16.8 Å². The first-order valence-electron chi connectivity index (χ1n) is 2.94. The maximum absolute atomic E-state index is 10.1. The highest BCUT2D eigenvalue weighted by molar-refractivity contribution is 6.63. The van der Waals surface area contributed by atoms with E-state index in [2.05, 4.69) is 0 Å². The van der Waals surface area contributed by atoms with E-state index >= 15 is 0 Å². The van der Waals surface area contributed by atoms with Crippen molar-refractivity contribution in [2.75, 3.05) is 13.7 Å². The van der Waals surface area contributed by atoms with Crippen LogP contribution in [0.3, 0.4) is 0 Å². The molecule has 0 aliphatic carbocycles. The predicted molar refractivity (Wildman–Crippen MR) is 36.6 cm³/mol. The first-order valence-corrected chi connectivity index (χ1v) is 3.32. The van der Waals surface area contributed by atoms with Crippen LogP contribution in [0.4, 0.5) is 0 Å². The Morgan fingerprint density at radius 2 is 2.22 bits per heavy atom. The van der Waals surface area contributed by atoms with Gasteiger partial charge in [-0.05, 0) is 24.4 Å². The number of hydrogen-bond donors (Lipinski definition) is 0. The van der Waals surface area contributed by atoms with Gasteiger partial charge in [0.2, 0.25) is 5.24 Å². The lowest BCUT2D eigenvalue weighted by atomic mass is 10.3. The van der Waals surface area contributed by atoms with Crippen molar-refractivity contribution in [1.82, 2.24) is 0 Å². The molecular formula is C6H11ClO2. The van der Waals surface area contributed by atoms with Crippen molar-refractivity contribution in [3.05, 3.63) is 0 Å². The molecule has 0 saturated heterocycles. The lowest BCUT2D eigenvalue weighted by Gasteiger charge is -1.94. The third-order valence-corrected chi connectivity index (χ3v) is 1.16. The van der Waals surface area contributed by atoms with Gasteiger partial charge < -0.3 is 4.74 Å². The largest absolute Gasteiger partial charge is 0.385 e. The number of halogens is 1. The summed E-state index contributed by atoms with van der Waals surface area (Å²) in [5.74, 6) is 0. The summed E-state index contributed by atoms with van der Waals surface area (Å²) < 4.78 is 4.77. The molecule has 0 rings (SSSR count). The van der Waals surface area contributed by atoms with Gasteiger partial charge in [0, 0.05) is 20.1 Å². The molecule has 0 aromatic carbocycles. The molecule has 0 saturated carbocycles. The monoisotopic (exact) mass is 150 g/mol. The van der Waals surface area contributed by atoms with Crippen LogP contribution in [-0.4, -0.2) is 19.0 Å². The zero-order valence-electron chi connectivity index (χ0n) is 5.52. The van der Waals surface area contributed by atoms with Crippen molar-refractivity contribution < 1.29 is 9.53 Å². The summed E-state index contributed by atoms with van der Waals surface area (Å²) in [5, 5.41) is -0.258. The molecule has 0 aromatic heterocycles. The summed E-state index contributed by atoms with van der Waals surface area (Å²) in [6.07, 6.45) is 2.20. The van der Waals surface area contributed by atoms with Crippen molar-refractivity contribution in [3.63, 3.8) is 0 Å². The molecule has 0 radical (unpaired) electrons. The minimum absolute atomic E-state index is 0.258. The smallest absolute Gasteiger partial charge is 0.221 e. The normalized spacial score (nSPS) is 9.56. The molecule has 0 heterocycles. The molecule has 0 spiro atoms. The number of methoxy groups -OCH3 is 1. The van der Waals surface area contributed by atoms with Gasteiger partial charge in [-0.3, -0.25) is 4.79 Å². The minimum atomic E-state index is -0.258. The average Bonchev–Trinajstić information content (AvgIpc) is 1.80. The molecule has 2 nitrogen and oxygen atoms in total. The van der Waals surface area contributed by atoms with Crippen LogP contribution in [0.2, 0.25) is 0 Å². The number of rotatable bonds is 5. The molecule has 0 atom stereocenters. The highest BCUT2D eigenvalue weighted by Gasteiger charge is 1.93. The predicted octanol–water partition coefficient (Wildman–Crippen LogP) is 1.57. The Bertz CT molecular complexity index is 83.1. The van der Waals surface area contributed by atoms with E-state index in [0.29, 0.717) is 13.0 Å². The molecule has 54 valence electrons. The van der Waals surface area contributed by atoms with Gasteiger partial charge in [-0.2, -0.15) is 0 Å². The summed E-state index contributed by atoms with van der Waals surface area (Å²) in [4.78, 5) is 10.1. The van der Waals surface area contributed by atoms with Crippen LogP contribution in [0.15, 0.2) is 0 Å².